The molecule has 0 aliphatic carbocycles. The molecule has 12 heteroatoms. The number of ether oxygens (including phenoxy) is 2. The zero-order chi connectivity index (χ0) is 38.3. The Labute approximate surface area is 301 Å². The first-order chi connectivity index (χ1) is 23.5. The summed E-state index contributed by atoms with van der Waals surface area (Å²) >= 11 is 0. The number of aliphatic hydroxyl groups is 1. The average molecular weight is 706 g/mol. The number of hydrogen-bond acceptors (Lipinski definition) is 8. The van der Waals surface area contributed by atoms with E-state index >= 15 is 0 Å². The van der Waals surface area contributed by atoms with Crippen LogP contribution in [0.4, 0.5) is 0 Å². The van der Waals surface area contributed by atoms with Gasteiger partial charge in [0.15, 0.2) is 0 Å². The lowest BCUT2D eigenvalue weighted by Gasteiger charge is -2.39. The molecule has 9 unspecified atom stereocenters. The average Bonchev–Trinajstić information content (AvgIpc) is 3.55. The van der Waals surface area contributed by atoms with Gasteiger partial charge in [0.05, 0.1) is 61.4 Å². The second-order valence-electron chi connectivity index (χ2n) is 14.2. The lowest BCUT2D eigenvalue weighted by atomic mass is 9.90. The van der Waals surface area contributed by atoms with Crippen LogP contribution in [0, 0.1) is 17.8 Å². The van der Waals surface area contributed by atoms with Crippen molar-refractivity contribution in [3.8, 4) is 0 Å². The van der Waals surface area contributed by atoms with Crippen LogP contribution in [0.15, 0.2) is 36.5 Å². The molecule has 1 heterocycles. The maximum Gasteiger partial charge on any atom is 0.242 e. The molecule has 0 bridgehead atoms. The molecule has 4 amide bonds. The molecule has 1 fully saturated rings. The number of amides is 4. The first-order valence-corrected chi connectivity index (χ1v) is 18.0. The summed E-state index contributed by atoms with van der Waals surface area (Å²) in [6, 6.07) is -1.71. The van der Waals surface area contributed by atoms with Crippen molar-refractivity contribution in [3.05, 3.63) is 36.5 Å². The van der Waals surface area contributed by atoms with E-state index in [2.05, 4.69) is 17.2 Å². The standard InChI is InChI=1S/C38H67N5O7/c1-14-18-28(19-15-2)35(46)27(8)40-37(47)26(7)36(50-13)29-20-17-21-43(29)31(44)22-30(49-12)34(25(6)16-3)42(11)32(45)23-39-38(48)33(24(4)5)41(9)10/h14-15,18-19,24-27,29-30,33-36,46H,1,16-17,20-23H2,2-13H3,(H,39,48)(H,40,47)/b19-15-,28-18+. The second kappa shape index (κ2) is 22.0. The molecule has 0 aromatic heterocycles. The van der Waals surface area contributed by atoms with E-state index in [-0.39, 0.29) is 60.5 Å². The lowest BCUT2D eigenvalue weighted by Crippen LogP contribution is -2.55. The highest BCUT2D eigenvalue weighted by Gasteiger charge is 2.42. The summed E-state index contributed by atoms with van der Waals surface area (Å²) in [5, 5.41) is 16.6. The lowest BCUT2D eigenvalue weighted by molar-refractivity contribution is -0.146. The highest BCUT2D eigenvalue weighted by Crippen LogP contribution is 2.29. The van der Waals surface area contributed by atoms with Crippen molar-refractivity contribution in [1.29, 1.82) is 0 Å². The maximum atomic E-state index is 14.0. The molecule has 0 radical (unpaired) electrons. The molecular weight excluding hydrogens is 638 g/mol. The molecule has 50 heavy (non-hydrogen) atoms. The van der Waals surface area contributed by atoms with Crippen LogP contribution in [0.3, 0.4) is 0 Å². The number of rotatable bonds is 21. The minimum absolute atomic E-state index is 0.000552. The van der Waals surface area contributed by atoms with Crippen LogP contribution >= 0.6 is 0 Å². The second-order valence-corrected chi connectivity index (χ2v) is 14.2. The van der Waals surface area contributed by atoms with Crippen LogP contribution in [0.5, 0.6) is 0 Å². The van der Waals surface area contributed by atoms with Crippen molar-refractivity contribution in [1.82, 2.24) is 25.3 Å². The molecule has 1 saturated heterocycles. The van der Waals surface area contributed by atoms with E-state index in [1.807, 2.05) is 59.7 Å². The van der Waals surface area contributed by atoms with Crippen LogP contribution in [0.2, 0.25) is 0 Å². The van der Waals surface area contributed by atoms with Crippen LogP contribution in [-0.4, -0.2) is 134 Å². The molecule has 0 spiro atoms. The topological polar surface area (TPSA) is 141 Å². The van der Waals surface area contributed by atoms with Crippen molar-refractivity contribution >= 4 is 23.6 Å². The minimum atomic E-state index is -0.938. The molecule has 0 aromatic rings. The number of nitrogens with one attached hydrogen (secondary N) is 2. The first kappa shape index (κ1) is 45.0. The van der Waals surface area contributed by atoms with Gasteiger partial charge in [-0.05, 0) is 58.2 Å². The minimum Gasteiger partial charge on any atom is -0.386 e. The molecule has 1 rings (SSSR count). The number of nitrogens with zero attached hydrogens (tertiary/aromatic N) is 3. The maximum absolute atomic E-state index is 14.0. The predicted molar refractivity (Wildman–Crippen MR) is 198 cm³/mol. The molecular formula is C38H67N5O7. The van der Waals surface area contributed by atoms with E-state index in [1.54, 1.807) is 63.1 Å². The van der Waals surface area contributed by atoms with Gasteiger partial charge in [-0.1, -0.05) is 71.9 Å². The molecule has 3 N–H and O–H groups in total. The van der Waals surface area contributed by atoms with Gasteiger partial charge in [-0.3, -0.25) is 24.1 Å². The van der Waals surface area contributed by atoms with Crippen molar-refractivity contribution in [3.63, 3.8) is 0 Å². The molecule has 1 aliphatic rings. The van der Waals surface area contributed by atoms with Gasteiger partial charge in [0.25, 0.3) is 0 Å². The quantitative estimate of drug-likeness (QED) is 0.155. The van der Waals surface area contributed by atoms with Crippen molar-refractivity contribution in [2.45, 2.75) is 117 Å². The molecule has 1 aliphatic heterocycles. The number of likely N-dealkylation sites (tertiary alicyclic amines) is 1. The SMILES string of the molecule is C=C/C=C(\C=C/C)C(O)C(C)NC(=O)C(C)C(OC)C1CCCN1C(=O)CC(OC)C(C(C)CC)N(C)C(=O)CNC(=O)C(C(C)C)N(C)C. The molecule has 12 nitrogen and oxygen atoms in total. The van der Waals surface area contributed by atoms with Crippen LogP contribution in [0.1, 0.15) is 74.1 Å². The fraction of sp³-hybridized carbons (Fsp3) is 0.737. The zero-order valence-electron chi connectivity index (χ0n) is 32.8. The van der Waals surface area contributed by atoms with Crippen LogP contribution < -0.4 is 10.6 Å². The Balaban J connectivity index is 3.11. The Hall–Kier alpha value is -3.06. The number of likely N-dealkylation sites (N-methyl/N-ethyl adjacent to an activating group) is 2. The third-order valence-electron chi connectivity index (χ3n) is 10.0. The fourth-order valence-electron chi connectivity index (χ4n) is 7.16. The van der Waals surface area contributed by atoms with Crippen molar-refractivity contribution in [2.75, 3.05) is 48.5 Å². The fourth-order valence-corrected chi connectivity index (χ4v) is 7.16. The van der Waals surface area contributed by atoms with Crippen LogP contribution in [-0.2, 0) is 28.7 Å². The number of allylic oxidation sites excluding steroid dienone is 3. The normalized spacial score (nSPS) is 20.2. The summed E-state index contributed by atoms with van der Waals surface area (Å²) in [6.45, 7) is 17.4. The van der Waals surface area contributed by atoms with Crippen molar-refractivity contribution in [2.24, 2.45) is 17.8 Å². The summed E-state index contributed by atoms with van der Waals surface area (Å²) < 4.78 is 11.8. The predicted octanol–water partition coefficient (Wildman–Crippen LogP) is 3.16. The van der Waals surface area contributed by atoms with E-state index in [9.17, 15) is 24.3 Å². The Morgan fingerprint density at radius 1 is 1.04 bits per heavy atom. The molecule has 0 saturated carbocycles. The summed E-state index contributed by atoms with van der Waals surface area (Å²) in [5.41, 5.74) is 0.628. The van der Waals surface area contributed by atoms with E-state index in [0.717, 1.165) is 12.8 Å². The highest BCUT2D eigenvalue weighted by atomic mass is 16.5. The highest BCUT2D eigenvalue weighted by molar-refractivity contribution is 5.87. The monoisotopic (exact) mass is 706 g/mol. The largest absolute Gasteiger partial charge is 0.386 e. The molecule has 0 aromatic carbocycles. The Kier molecular flexibility index (Phi) is 19.8. The van der Waals surface area contributed by atoms with Gasteiger partial charge >= 0.3 is 0 Å². The van der Waals surface area contributed by atoms with Crippen molar-refractivity contribution < 1.29 is 33.8 Å². The van der Waals surface area contributed by atoms with E-state index in [0.29, 0.717) is 18.5 Å². The van der Waals surface area contributed by atoms with Gasteiger partial charge in [0.2, 0.25) is 23.6 Å². The summed E-state index contributed by atoms with van der Waals surface area (Å²) in [4.78, 5) is 59.0. The Morgan fingerprint density at radius 2 is 1.68 bits per heavy atom. The number of aliphatic hydroxyl groups excluding tert-OH is 1. The summed E-state index contributed by atoms with van der Waals surface area (Å²) in [6.07, 6.45) is 6.96. The van der Waals surface area contributed by atoms with E-state index in [4.69, 9.17) is 9.47 Å². The Bertz CT molecular complexity index is 1160. The van der Waals surface area contributed by atoms with Gasteiger partial charge in [0, 0.05) is 27.8 Å². The van der Waals surface area contributed by atoms with Gasteiger partial charge in [-0.15, -0.1) is 0 Å². The molecule has 9 atom stereocenters. The number of methoxy groups -OCH3 is 2. The first-order valence-electron chi connectivity index (χ1n) is 18.0. The van der Waals surface area contributed by atoms with Gasteiger partial charge in [-0.2, -0.15) is 0 Å². The summed E-state index contributed by atoms with van der Waals surface area (Å²) in [7, 11) is 8.46. The molecule has 286 valence electrons. The van der Waals surface area contributed by atoms with E-state index < -0.39 is 36.3 Å². The number of carbonyl (C=O) groups is 4. The van der Waals surface area contributed by atoms with Gasteiger partial charge in [0.1, 0.15) is 0 Å². The van der Waals surface area contributed by atoms with Crippen LogP contribution in [0.25, 0.3) is 0 Å². The number of carbonyl (C=O) groups excluding carboxylic acids is 4. The van der Waals surface area contributed by atoms with Gasteiger partial charge < -0.3 is 35.0 Å². The number of hydrogen-bond donors (Lipinski definition) is 3. The zero-order valence-corrected chi connectivity index (χ0v) is 32.8. The third kappa shape index (κ3) is 12.3. The summed E-state index contributed by atoms with van der Waals surface area (Å²) in [5.74, 6) is -1.46. The smallest absolute Gasteiger partial charge is 0.242 e. The van der Waals surface area contributed by atoms with Gasteiger partial charge in [-0.25, -0.2) is 0 Å². The third-order valence-corrected chi connectivity index (χ3v) is 10.0. The Morgan fingerprint density at radius 3 is 2.18 bits per heavy atom. The van der Waals surface area contributed by atoms with E-state index in [1.165, 1.54) is 0 Å².